The van der Waals surface area contributed by atoms with Crippen molar-refractivity contribution in [1.29, 1.82) is 0 Å². The smallest absolute Gasteiger partial charge is 0.295 e. The van der Waals surface area contributed by atoms with Gasteiger partial charge in [0, 0.05) is 36.2 Å². The summed E-state index contributed by atoms with van der Waals surface area (Å²) in [5.74, 6) is -1.47. The lowest BCUT2D eigenvalue weighted by Crippen LogP contribution is -2.42. The largest absolute Gasteiger partial charge is 0.508 e. The van der Waals surface area contributed by atoms with Crippen molar-refractivity contribution >= 4 is 33.4 Å². The summed E-state index contributed by atoms with van der Waals surface area (Å²) in [6.07, 6.45) is 0. The highest BCUT2D eigenvalue weighted by atomic mass is 79.9. The van der Waals surface area contributed by atoms with Crippen LogP contribution in [0.4, 0.5) is 0 Å². The van der Waals surface area contributed by atoms with Crippen LogP contribution in [0, 0.1) is 0 Å². The zero-order valence-corrected chi connectivity index (χ0v) is 18.4. The van der Waals surface area contributed by atoms with Crippen LogP contribution in [-0.4, -0.2) is 71.1 Å². The van der Waals surface area contributed by atoms with Crippen molar-refractivity contribution in [3.8, 4) is 5.75 Å². The number of halogens is 1. The van der Waals surface area contributed by atoms with Gasteiger partial charge in [-0.15, -0.1) is 0 Å². The summed E-state index contributed by atoms with van der Waals surface area (Å²) >= 11 is 3.36. The zero-order valence-electron chi connectivity index (χ0n) is 16.8. The summed E-state index contributed by atoms with van der Waals surface area (Å²) in [6, 6.07) is 12.5. The third-order valence-corrected chi connectivity index (χ3v) is 6.16. The first kappa shape index (κ1) is 21.5. The van der Waals surface area contributed by atoms with Gasteiger partial charge in [0.15, 0.2) is 0 Å². The Kier molecular flexibility index (Phi) is 6.41. The highest BCUT2D eigenvalue weighted by molar-refractivity contribution is 9.10. The Hall–Kier alpha value is -2.68. The van der Waals surface area contributed by atoms with Crippen LogP contribution >= 0.6 is 15.9 Å². The molecule has 2 saturated heterocycles. The fourth-order valence-corrected chi connectivity index (χ4v) is 4.22. The van der Waals surface area contributed by atoms with Crippen molar-refractivity contribution in [2.24, 2.45) is 0 Å². The fraction of sp³-hybridized carbons (Fsp3) is 0.304. The molecule has 0 bridgehead atoms. The molecule has 1 amide bonds. The molecule has 7 nitrogen and oxygen atoms in total. The SMILES string of the molecule is O=C1C(=O)N(CCN2CCOCC2)C(c2ccc(O)cc2)/C1=C(/O)c1ccc(Br)cc1. The van der Waals surface area contributed by atoms with E-state index in [0.29, 0.717) is 37.4 Å². The number of hydrogen-bond acceptors (Lipinski definition) is 6. The average molecular weight is 487 g/mol. The molecule has 1 atom stereocenters. The van der Waals surface area contributed by atoms with Crippen molar-refractivity contribution < 1.29 is 24.5 Å². The minimum absolute atomic E-state index is 0.0555. The number of hydrogen-bond donors (Lipinski definition) is 2. The number of ketones is 1. The monoisotopic (exact) mass is 486 g/mol. The van der Waals surface area contributed by atoms with E-state index in [0.717, 1.165) is 17.6 Å². The molecule has 2 aliphatic rings. The number of nitrogens with zero attached hydrogens (tertiary/aromatic N) is 2. The number of carbonyl (C=O) groups is 2. The Bertz CT molecular complexity index is 998. The van der Waals surface area contributed by atoms with Gasteiger partial charge in [-0.1, -0.05) is 40.2 Å². The molecule has 0 aliphatic carbocycles. The standard InChI is InChI=1S/C23H23BrN2O5/c24-17-5-1-16(2-6-17)21(28)19-20(15-3-7-18(27)8-4-15)26(23(30)22(19)29)10-9-25-11-13-31-14-12-25/h1-8,20,27-28H,9-14H2/b21-19-. The Morgan fingerprint density at radius 2 is 1.65 bits per heavy atom. The van der Waals surface area contributed by atoms with Crippen LogP contribution in [-0.2, 0) is 14.3 Å². The lowest BCUT2D eigenvalue weighted by Gasteiger charge is -2.31. The molecule has 1 unspecified atom stereocenters. The molecular weight excluding hydrogens is 464 g/mol. The summed E-state index contributed by atoms with van der Waals surface area (Å²) < 4.78 is 6.21. The Balaban J connectivity index is 1.72. The Morgan fingerprint density at radius 3 is 2.29 bits per heavy atom. The molecule has 2 aromatic carbocycles. The number of Topliss-reactive ketones (excluding diaryl/α,β-unsaturated/α-hetero) is 1. The fourth-order valence-electron chi connectivity index (χ4n) is 3.95. The highest BCUT2D eigenvalue weighted by Crippen LogP contribution is 2.39. The predicted octanol–water partition coefficient (Wildman–Crippen LogP) is 2.91. The van der Waals surface area contributed by atoms with E-state index in [1.54, 1.807) is 36.4 Å². The number of aliphatic hydroxyl groups is 1. The third kappa shape index (κ3) is 4.51. The number of benzene rings is 2. The van der Waals surface area contributed by atoms with Gasteiger partial charge in [-0.2, -0.15) is 0 Å². The predicted molar refractivity (Wildman–Crippen MR) is 119 cm³/mol. The quantitative estimate of drug-likeness (QED) is 0.383. The molecule has 4 rings (SSSR count). The number of aliphatic hydroxyl groups excluding tert-OH is 1. The van der Waals surface area contributed by atoms with Crippen molar-refractivity contribution in [3.05, 3.63) is 69.7 Å². The molecule has 0 spiro atoms. The van der Waals surface area contributed by atoms with Crippen molar-refractivity contribution in [1.82, 2.24) is 9.80 Å². The molecule has 2 N–H and O–H groups in total. The minimum Gasteiger partial charge on any atom is -0.508 e. The molecule has 2 heterocycles. The van der Waals surface area contributed by atoms with E-state index in [9.17, 15) is 19.8 Å². The van der Waals surface area contributed by atoms with Gasteiger partial charge >= 0.3 is 0 Å². The summed E-state index contributed by atoms with van der Waals surface area (Å²) in [7, 11) is 0. The zero-order chi connectivity index (χ0) is 22.0. The number of aromatic hydroxyl groups is 1. The van der Waals surface area contributed by atoms with E-state index in [-0.39, 0.29) is 17.1 Å². The van der Waals surface area contributed by atoms with Gasteiger partial charge < -0.3 is 19.8 Å². The van der Waals surface area contributed by atoms with Crippen LogP contribution in [0.3, 0.4) is 0 Å². The van der Waals surface area contributed by atoms with Gasteiger partial charge in [0.25, 0.3) is 11.7 Å². The molecule has 0 saturated carbocycles. The second-order valence-electron chi connectivity index (χ2n) is 7.54. The number of phenolic OH excluding ortho intramolecular Hbond substituents is 1. The maximum absolute atomic E-state index is 13.0. The molecule has 0 radical (unpaired) electrons. The number of rotatable bonds is 5. The minimum atomic E-state index is -0.731. The van der Waals surface area contributed by atoms with Crippen LogP contribution in [0.5, 0.6) is 5.75 Å². The second kappa shape index (κ2) is 9.21. The Labute approximate surface area is 188 Å². The molecular formula is C23H23BrN2O5. The van der Waals surface area contributed by atoms with E-state index in [1.165, 1.54) is 17.0 Å². The van der Waals surface area contributed by atoms with E-state index < -0.39 is 17.7 Å². The van der Waals surface area contributed by atoms with Crippen LogP contribution < -0.4 is 0 Å². The normalized spacial score (nSPS) is 21.6. The average Bonchev–Trinajstić information content (AvgIpc) is 3.04. The number of morpholine rings is 1. The molecule has 0 aromatic heterocycles. The number of carbonyl (C=O) groups excluding carboxylic acids is 2. The van der Waals surface area contributed by atoms with Crippen LogP contribution in [0.25, 0.3) is 5.76 Å². The lowest BCUT2D eigenvalue weighted by molar-refractivity contribution is -0.140. The van der Waals surface area contributed by atoms with Gasteiger partial charge in [0.2, 0.25) is 0 Å². The molecule has 162 valence electrons. The van der Waals surface area contributed by atoms with Gasteiger partial charge in [0.1, 0.15) is 11.5 Å². The summed E-state index contributed by atoms with van der Waals surface area (Å²) in [5.41, 5.74) is 1.16. The maximum Gasteiger partial charge on any atom is 0.295 e. The summed E-state index contributed by atoms with van der Waals surface area (Å²) in [6.45, 7) is 3.77. The maximum atomic E-state index is 13.0. The van der Waals surface area contributed by atoms with Crippen molar-refractivity contribution in [3.63, 3.8) is 0 Å². The molecule has 8 heteroatoms. The second-order valence-corrected chi connectivity index (χ2v) is 8.46. The molecule has 31 heavy (non-hydrogen) atoms. The highest BCUT2D eigenvalue weighted by Gasteiger charge is 2.46. The van der Waals surface area contributed by atoms with E-state index in [1.807, 2.05) is 0 Å². The van der Waals surface area contributed by atoms with E-state index >= 15 is 0 Å². The van der Waals surface area contributed by atoms with Crippen LogP contribution in [0.2, 0.25) is 0 Å². The lowest BCUT2D eigenvalue weighted by atomic mass is 9.95. The van der Waals surface area contributed by atoms with Gasteiger partial charge in [-0.05, 0) is 29.8 Å². The van der Waals surface area contributed by atoms with E-state index in [4.69, 9.17) is 4.74 Å². The van der Waals surface area contributed by atoms with Crippen LogP contribution in [0.15, 0.2) is 58.6 Å². The van der Waals surface area contributed by atoms with Gasteiger partial charge in [-0.3, -0.25) is 14.5 Å². The van der Waals surface area contributed by atoms with Crippen molar-refractivity contribution in [2.45, 2.75) is 6.04 Å². The summed E-state index contributed by atoms with van der Waals surface area (Å²) in [4.78, 5) is 29.7. The number of amides is 1. The van der Waals surface area contributed by atoms with Gasteiger partial charge in [0.05, 0.1) is 24.8 Å². The number of ether oxygens (including phenoxy) is 1. The topological polar surface area (TPSA) is 90.3 Å². The molecule has 2 aliphatic heterocycles. The number of phenols is 1. The summed E-state index contributed by atoms with van der Waals surface area (Å²) in [5, 5.41) is 20.7. The van der Waals surface area contributed by atoms with Gasteiger partial charge in [-0.25, -0.2) is 0 Å². The first-order chi connectivity index (χ1) is 15.0. The first-order valence-corrected chi connectivity index (χ1v) is 10.9. The Morgan fingerprint density at radius 1 is 1.00 bits per heavy atom. The third-order valence-electron chi connectivity index (χ3n) is 5.63. The number of likely N-dealkylation sites (tertiary alicyclic amines) is 1. The van der Waals surface area contributed by atoms with Crippen LogP contribution in [0.1, 0.15) is 17.2 Å². The molecule has 2 fully saturated rings. The van der Waals surface area contributed by atoms with Crippen molar-refractivity contribution in [2.75, 3.05) is 39.4 Å². The molecule has 2 aromatic rings. The van der Waals surface area contributed by atoms with E-state index in [2.05, 4.69) is 20.8 Å². The first-order valence-electron chi connectivity index (χ1n) is 10.1.